The minimum atomic E-state index is 0.125. The number of amidine groups is 1. The summed E-state index contributed by atoms with van der Waals surface area (Å²) in [5.41, 5.74) is 0.694. The molecular weight excluding hydrogens is 232 g/mol. The van der Waals surface area contributed by atoms with E-state index in [-0.39, 0.29) is 5.92 Å². The monoisotopic (exact) mass is 250 g/mol. The second kappa shape index (κ2) is 5.73. The van der Waals surface area contributed by atoms with E-state index in [1.165, 1.54) is 0 Å². The first-order valence-electron chi connectivity index (χ1n) is 5.90. The third-order valence-electron chi connectivity index (χ3n) is 3.03. The Morgan fingerprint density at radius 1 is 1.33 bits per heavy atom. The van der Waals surface area contributed by atoms with E-state index in [2.05, 4.69) is 5.32 Å². The van der Waals surface area contributed by atoms with Crippen LogP contribution < -0.4 is 14.8 Å². The number of para-hydroxylation sites is 1. The molecule has 2 N–H and O–H groups in total. The van der Waals surface area contributed by atoms with Crippen LogP contribution in [0, 0.1) is 11.3 Å². The van der Waals surface area contributed by atoms with Crippen LogP contribution in [0.1, 0.15) is 6.42 Å². The van der Waals surface area contributed by atoms with Gasteiger partial charge in [-0.25, -0.2) is 0 Å². The summed E-state index contributed by atoms with van der Waals surface area (Å²) in [5.74, 6) is 1.89. The van der Waals surface area contributed by atoms with Crippen molar-refractivity contribution in [2.75, 3.05) is 32.8 Å². The summed E-state index contributed by atoms with van der Waals surface area (Å²) in [6, 6.07) is 5.53. The average Bonchev–Trinajstić information content (AvgIpc) is 2.93. The third-order valence-corrected chi connectivity index (χ3v) is 3.03. The lowest BCUT2D eigenvalue weighted by Gasteiger charge is -2.17. The predicted octanol–water partition coefficient (Wildman–Crippen LogP) is 2.13. The molecule has 18 heavy (non-hydrogen) atoms. The average molecular weight is 250 g/mol. The highest BCUT2D eigenvalue weighted by atomic mass is 16.5. The molecule has 0 aliphatic carbocycles. The van der Waals surface area contributed by atoms with E-state index in [0.717, 1.165) is 13.0 Å². The molecule has 5 nitrogen and oxygen atoms in total. The predicted molar refractivity (Wildman–Crippen MR) is 69.8 cm³/mol. The van der Waals surface area contributed by atoms with Gasteiger partial charge < -0.3 is 19.5 Å². The fraction of sp³-hybridized carbons (Fsp3) is 0.462. The highest BCUT2D eigenvalue weighted by Crippen LogP contribution is 2.34. The Morgan fingerprint density at radius 2 is 2.00 bits per heavy atom. The molecule has 0 amide bonds. The number of ether oxygens (including phenoxy) is 3. The minimum Gasteiger partial charge on any atom is -0.494 e. The Bertz CT molecular complexity index is 406. The van der Waals surface area contributed by atoms with Crippen molar-refractivity contribution in [1.29, 1.82) is 5.41 Å². The van der Waals surface area contributed by atoms with Crippen molar-refractivity contribution in [2.45, 2.75) is 6.42 Å². The maximum Gasteiger partial charge on any atom is 0.146 e. The van der Waals surface area contributed by atoms with Gasteiger partial charge in [0.25, 0.3) is 0 Å². The van der Waals surface area contributed by atoms with Crippen LogP contribution in [0.4, 0.5) is 5.69 Å². The van der Waals surface area contributed by atoms with E-state index in [4.69, 9.17) is 19.6 Å². The van der Waals surface area contributed by atoms with Crippen molar-refractivity contribution < 1.29 is 14.2 Å². The van der Waals surface area contributed by atoms with E-state index >= 15 is 0 Å². The summed E-state index contributed by atoms with van der Waals surface area (Å²) in [4.78, 5) is 0. The lowest BCUT2D eigenvalue weighted by Crippen LogP contribution is -2.22. The molecule has 0 spiro atoms. The first-order chi connectivity index (χ1) is 8.76. The van der Waals surface area contributed by atoms with Gasteiger partial charge in [0.1, 0.15) is 23.0 Å². The SMILES string of the molecule is COc1cccc(OC)c1NC(=N)[C@@H]1CCOC1. The topological polar surface area (TPSA) is 63.6 Å². The van der Waals surface area contributed by atoms with Gasteiger partial charge in [0.05, 0.1) is 20.8 Å². The molecule has 1 atom stereocenters. The zero-order valence-corrected chi connectivity index (χ0v) is 10.7. The number of methoxy groups -OCH3 is 2. The van der Waals surface area contributed by atoms with E-state index < -0.39 is 0 Å². The molecule has 1 aromatic rings. The van der Waals surface area contributed by atoms with Crippen molar-refractivity contribution in [3.63, 3.8) is 0 Å². The Labute approximate surface area is 107 Å². The number of anilines is 1. The number of hydrogen-bond donors (Lipinski definition) is 2. The molecule has 0 saturated carbocycles. The fourth-order valence-corrected chi connectivity index (χ4v) is 1.97. The largest absolute Gasteiger partial charge is 0.494 e. The van der Waals surface area contributed by atoms with Gasteiger partial charge in [0.2, 0.25) is 0 Å². The van der Waals surface area contributed by atoms with Crippen LogP contribution in [0.15, 0.2) is 18.2 Å². The number of nitrogens with one attached hydrogen (secondary N) is 2. The first-order valence-corrected chi connectivity index (χ1v) is 5.90. The van der Waals surface area contributed by atoms with Crippen molar-refractivity contribution in [2.24, 2.45) is 5.92 Å². The van der Waals surface area contributed by atoms with E-state index in [9.17, 15) is 0 Å². The van der Waals surface area contributed by atoms with Crippen molar-refractivity contribution in [1.82, 2.24) is 0 Å². The summed E-state index contributed by atoms with van der Waals surface area (Å²) in [6.07, 6.45) is 0.878. The Morgan fingerprint density at radius 3 is 2.50 bits per heavy atom. The highest BCUT2D eigenvalue weighted by molar-refractivity contribution is 5.97. The molecule has 0 aromatic heterocycles. The van der Waals surface area contributed by atoms with Crippen LogP contribution in [0.3, 0.4) is 0 Å². The van der Waals surface area contributed by atoms with Crippen molar-refractivity contribution in [3.05, 3.63) is 18.2 Å². The number of benzene rings is 1. The van der Waals surface area contributed by atoms with Gasteiger partial charge in [0, 0.05) is 12.5 Å². The number of hydrogen-bond acceptors (Lipinski definition) is 4. The second-order valence-electron chi connectivity index (χ2n) is 4.14. The van der Waals surface area contributed by atoms with E-state index in [1.54, 1.807) is 14.2 Å². The van der Waals surface area contributed by atoms with Gasteiger partial charge in [-0.3, -0.25) is 5.41 Å². The maximum absolute atomic E-state index is 8.06. The zero-order valence-electron chi connectivity index (χ0n) is 10.7. The third kappa shape index (κ3) is 2.56. The highest BCUT2D eigenvalue weighted by Gasteiger charge is 2.22. The van der Waals surface area contributed by atoms with Gasteiger partial charge in [-0.15, -0.1) is 0 Å². The zero-order chi connectivity index (χ0) is 13.0. The van der Waals surface area contributed by atoms with Crippen LogP contribution >= 0.6 is 0 Å². The molecule has 98 valence electrons. The molecule has 1 aromatic carbocycles. The molecule has 0 radical (unpaired) electrons. The lowest BCUT2D eigenvalue weighted by atomic mass is 10.1. The van der Waals surface area contributed by atoms with E-state index in [1.807, 2.05) is 18.2 Å². The van der Waals surface area contributed by atoms with Gasteiger partial charge in [-0.05, 0) is 18.6 Å². The molecule has 1 heterocycles. The maximum atomic E-state index is 8.06. The summed E-state index contributed by atoms with van der Waals surface area (Å²) in [7, 11) is 3.20. The molecule has 0 bridgehead atoms. The Hall–Kier alpha value is -1.75. The van der Waals surface area contributed by atoms with Gasteiger partial charge >= 0.3 is 0 Å². The molecule has 2 rings (SSSR count). The Kier molecular flexibility index (Phi) is 4.04. The molecule has 0 unspecified atom stereocenters. The molecular formula is C13H18N2O3. The van der Waals surface area contributed by atoms with E-state index in [0.29, 0.717) is 29.6 Å². The summed E-state index contributed by atoms with van der Waals surface area (Å²) >= 11 is 0. The van der Waals surface area contributed by atoms with Crippen molar-refractivity contribution >= 4 is 11.5 Å². The summed E-state index contributed by atoms with van der Waals surface area (Å²) in [6.45, 7) is 1.32. The first kappa shape index (κ1) is 12.7. The van der Waals surface area contributed by atoms with Gasteiger partial charge in [-0.2, -0.15) is 0 Å². The quantitative estimate of drug-likeness (QED) is 0.634. The molecule has 1 saturated heterocycles. The lowest BCUT2D eigenvalue weighted by molar-refractivity contribution is 0.193. The summed E-state index contributed by atoms with van der Waals surface area (Å²) < 4.78 is 15.8. The molecule has 5 heteroatoms. The van der Waals surface area contributed by atoms with Gasteiger partial charge in [-0.1, -0.05) is 6.07 Å². The molecule has 1 aliphatic rings. The fourth-order valence-electron chi connectivity index (χ4n) is 1.97. The summed E-state index contributed by atoms with van der Waals surface area (Å²) in [5, 5.41) is 11.1. The minimum absolute atomic E-state index is 0.125. The second-order valence-corrected chi connectivity index (χ2v) is 4.14. The van der Waals surface area contributed by atoms with Crippen LogP contribution in [0.2, 0.25) is 0 Å². The molecule has 1 aliphatic heterocycles. The normalized spacial score (nSPS) is 18.4. The Balaban J connectivity index is 2.18. The smallest absolute Gasteiger partial charge is 0.146 e. The van der Waals surface area contributed by atoms with Crippen LogP contribution in [0.5, 0.6) is 11.5 Å². The van der Waals surface area contributed by atoms with Crippen molar-refractivity contribution in [3.8, 4) is 11.5 Å². The molecule has 1 fully saturated rings. The van der Waals surface area contributed by atoms with Crippen LogP contribution in [-0.2, 0) is 4.74 Å². The van der Waals surface area contributed by atoms with Crippen LogP contribution in [0.25, 0.3) is 0 Å². The standard InChI is InChI=1S/C13H18N2O3/c1-16-10-4-3-5-11(17-2)12(10)15-13(14)9-6-7-18-8-9/h3-5,9H,6-8H2,1-2H3,(H2,14,15)/t9-/m1/s1. The van der Waals surface area contributed by atoms with Gasteiger partial charge in [0.15, 0.2) is 0 Å². The number of rotatable bonds is 4. The van der Waals surface area contributed by atoms with Crippen LogP contribution in [-0.4, -0.2) is 33.3 Å².